The number of hydrogen-bond acceptors (Lipinski definition) is 2. The maximum atomic E-state index is 13.4. The Kier molecular flexibility index (Phi) is 5.31. The van der Waals surface area contributed by atoms with Crippen molar-refractivity contribution < 1.29 is 17.6 Å². The van der Waals surface area contributed by atoms with E-state index in [2.05, 4.69) is 5.32 Å². The van der Waals surface area contributed by atoms with Crippen molar-refractivity contribution in [3.05, 3.63) is 29.6 Å². The Hall–Kier alpha value is -0.910. The van der Waals surface area contributed by atoms with E-state index in [4.69, 9.17) is 0 Å². The van der Waals surface area contributed by atoms with Crippen LogP contribution in [0.4, 0.5) is 23.2 Å². The lowest BCUT2D eigenvalue weighted by Crippen LogP contribution is -2.10. The number of hydrogen-bond donors (Lipinski definition) is 1. The summed E-state index contributed by atoms with van der Waals surface area (Å²) in [5.74, 6) is -0.873. The summed E-state index contributed by atoms with van der Waals surface area (Å²) >= 11 is 1.69. The number of nitrogens with one attached hydrogen (secondary N) is 1. The average molecular weight is 281 g/mol. The molecule has 1 atom stereocenters. The Bertz CT molecular complexity index is 392. The Morgan fingerprint density at radius 1 is 1.33 bits per heavy atom. The summed E-state index contributed by atoms with van der Waals surface area (Å²) in [6.45, 7) is 2.57. The van der Waals surface area contributed by atoms with Crippen molar-refractivity contribution in [2.45, 2.75) is 24.8 Å². The van der Waals surface area contributed by atoms with Crippen LogP contribution in [0.25, 0.3) is 0 Å². The molecule has 0 bridgehead atoms. The fraction of sp³-hybridized carbons (Fsp3) is 0.500. The molecule has 102 valence electrons. The van der Waals surface area contributed by atoms with Crippen molar-refractivity contribution in [2.75, 3.05) is 18.1 Å². The molecule has 1 nitrogen and oxygen atoms in total. The predicted molar refractivity (Wildman–Crippen MR) is 67.5 cm³/mol. The topological polar surface area (TPSA) is 12.0 Å². The Morgan fingerprint density at radius 3 is 2.50 bits per heavy atom. The molecule has 0 aromatic heterocycles. The Balaban J connectivity index is 2.63. The zero-order valence-corrected chi connectivity index (χ0v) is 11.0. The van der Waals surface area contributed by atoms with Gasteiger partial charge in [-0.15, -0.1) is 0 Å². The number of halogens is 4. The van der Waals surface area contributed by atoms with Crippen molar-refractivity contribution in [2.24, 2.45) is 0 Å². The first-order chi connectivity index (χ1) is 8.34. The quantitative estimate of drug-likeness (QED) is 0.803. The minimum absolute atomic E-state index is 0.108. The highest BCUT2D eigenvalue weighted by Gasteiger charge is 2.31. The van der Waals surface area contributed by atoms with Crippen LogP contribution in [-0.4, -0.2) is 18.1 Å². The molecule has 0 aliphatic rings. The van der Waals surface area contributed by atoms with Gasteiger partial charge in [0.15, 0.2) is 0 Å². The van der Waals surface area contributed by atoms with E-state index in [1.54, 1.807) is 11.8 Å². The van der Waals surface area contributed by atoms with E-state index in [1.807, 2.05) is 13.2 Å². The Morgan fingerprint density at radius 2 is 2.00 bits per heavy atom. The summed E-state index contributed by atoms with van der Waals surface area (Å²) in [7, 11) is 0. The fourth-order valence-corrected chi connectivity index (χ4v) is 1.72. The second-order valence-electron chi connectivity index (χ2n) is 3.95. The molecule has 0 saturated carbocycles. The number of anilines is 1. The highest BCUT2D eigenvalue weighted by Crippen LogP contribution is 2.31. The SMILES string of the molecule is CSC(C)CCNc1ccc(C(F)(F)F)cc1F. The van der Waals surface area contributed by atoms with Crippen molar-refractivity contribution in [3.63, 3.8) is 0 Å². The molecule has 0 aliphatic carbocycles. The molecule has 0 aliphatic heterocycles. The number of thioether (sulfide) groups is 1. The van der Waals surface area contributed by atoms with E-state index < -0.39 is 17.6 Å². The van der Waals surface area contributed by atoms with Crippen LogP contribution >= 0.6 is 11.8 Å². The summed E-state index contributed by atoms with van der Waals surface area (Å²) in [4.78, 5) is 0. The minimum Gasteiger partial charge on any atom is -0.383 e. The lowest BCUT2D eigenvalue weighted by molar-refractivity contribution is -0.137. The van der Waals surface area contributed by atoms with Gasteiger partial charge in [0.05, 0.1) is 11.3 Å². The molecule has 0 spiro atoms. The van der Waals surface area contributed by atoms with E-state index in [0.29, 0.717) is 17.9 Å². The van der Waals surface area contributed by atoms with Crippen LogP contribution in [0.2, 0.25) is 0 Å². The van der Waals surface area contributed by atoms with Crippen molar-refractivity contribution in [3.8, 4) is 0 Å². The van der Waals surface area contributed by atoms with Crippen LogP contribution in [0.5, 0.6) is 0 Å². The summed E-state index contributed by atoms with van der Waals surface area (Å²) in [5.41, 5.74) is -0.862. The molecule has 1 aromatic rings. The van der Waals surface area contributed by atoms with E-state index in [9.17, 15) is 17.6 Å². The summed E-state index contributed by atoms with van der Waals surface area (Å²) in [6, 6.07) is 2.52. The van der Waals surface area contributed by atoms with E-state index >= 15 is 0 Å². The van der Waals surface area contributed by atoms with Crippen LogP contribution < -0.4 is 5.32 Å². The van der Waals surface area contributed by atoms with E-state index in [-0.39, 0.29) is 5.69 Å². The summed E-state index contributed by atoms with van der Waals surface area (Å²) in [6.07, 6.45) is -1.71. The molecule has 18 heavy (non-hydrogen) atoms. The Labute approximate surface area is 108 Å². The minimum atomic E-state index is -4.51. The highest BCUT2D eigenvalue weighted by atomic mass is 32.2. The second kappa shape index (κ2) is 6.31. The van der Waals surface area contributed by atoms with Gasteiger partial charge in [-0.2, -0.15) is 24.9 Å². The standard InChI is InChI=1S/C12H15F4NS/c1-8(18-2)5-6-17-11-4-3-9(7-10(11)13)12(14,15)16/h3-4,7-8,17H,5-6H2,1-2H3. The molecule has 1 aromatic carbocycles. The maximum absolute atomic E-state index is 13.4. The van der Waals surface area contributed by atoms with Gasteiger partial charge in [-0.05, 0) is 30.9 Å². The van der Waals surface area contributed by atoms with Gasteiger partial charge in [0.1, 0.15) is 5.82 Å². The van der Waals surface area contributed by atoms with Gasteiger partial charge in [-0.25, -0.2) is 4.39 Å². The molecule has 1 rings (SSSR count). The summed E-state index contributed by atoms with van der Waals surface area (Å²) < 4.78 is 50.4. The van der Waals surface area contributed by atoms with Gasteiger partial charge in [-0.3, -0.25) is 0 Å². The van der Waals surface area contributed by atoms with Gasteiger partial charge in [0, 0.05) is 11.8 Å². The van der Waals surface area contributed by atoms with Gasteiger partial charge in [0.25, 0.3) is 0 Å². The van der Waals surface area contributed by atoms with Crippen LogP contribution in [0, 0.1) is 5.82 Å². The third-order valence-corrected chi connectivity index (χ3v) is 3.61. The van der Waals surface area contributed by atoms with Gasteiger partial charge in [0.2, 0.25) is 0 Å². The molecule has 0 heterocycles. The van der Waals surface area contributed by atoms with Gasteiger partial charge < -0.3 is 5.32 Å². The van der Waals surface area contributed by atoms with Gasteiger partial charge in [-0.1, -0.05) is 6.92 Å². The van der Waals surface area contributed by atoms with Crippen molar-refractivity contribution in [1.29, 1.82) is 0 Å². The first kappa shape index (κ1) is 15.1. The maximum Gasteiger partial charge on any atom is 0.416 e. The van der Waals surface area contributed by atoms with Crippen LogP contribution in [0.1, 0.15) is 18.9 Å². The predicted octanol–water partition coefficient (Wildman–Crippen LogP) is 4.40. The van der Waals surface area contributed by atoms with Gasteiger partial charge >= 0.3 is 6.18 Å². The third-order valence-electron chi connectivity index (χ3n) is 2.57. The molecule has 6 heteroatoms. The first-order valence-electron chi connectivity index (χ1n) is 5.48. The molecule has 0 radical (unpaired) electrons. The number of alkyl halides is 3. The molecule has 0 saturated heterocycles. The largest absolute Gasteiger partial charge is 0.416 e. The number of rotatable bonds is 5. The summed E-state index contributed by atoms with van der Waals surface area (Å²) in [5, 5.41) is 3.23. The molecule has 0 fully saturated rings. The lowest BCUT2D eigenvalue weighted by Gasteiger charge is -2.12. The average Bonchev–Trinajstić information content (AvgIpc) is 2.29. The zero-order valence-electron chi connectivity index (χ0n) is 10.1. The monoisotopic (exact) mass is 281 g/mol. The molecular weight excluding hydrogens is 266 g/mol. The van der Waals surface area contributed by atoms with Crippen LogP contribution in [0.3, 0.4) is 0 Å². The number of benzene rings is 1. The molecular formula is C12H15F4NS. The third kappa shape index (κ3) is 4.40. The lowest BCUT2D eigenvalue weighted by atomic mass is 10.2. The van der Waals surface area contributed by atoms with Crippen molar-refractivity contribution >= 4 is 17.4 Å². The van der Waals surface area contributed by atoms with Crippen LogP contribution in [0.15, 0.2) is 18.2 Å². The molecule has 1 unspecified atom stereocenters. The smallest absolute Gasteiger partial charge is 0.383 e. The molecule has 1 N–H and O–H groups in total. The molecule has 0 amide bonds. The normalized spacial score (nSPS) is 13.4. The van der Waals surface area contributed by atoms with E-state index in [1.165, 1.54) is 0 Å². The zero-order chi connectivity index (χ0) is 13.8. The second-order valence-corrected chi connectivity index (χ2v) is 5.23. The first-order valence-corrected chi connectivity index (χ1v) is 6.76. The van der Waals surface area contributed by atoms with Crippen LogP contribution in [-0.2, 0) is 6.18 Å². The highest BCUT2D eigenvalue weighted by molar-refractivity contribution is 7.99. The van der Waals surface area contributed by atoms with E-state index in [0.717, 1.165) is 18.6 Å². The fourth-order valence-electron chi connectivity index (χ4n) is 1.36. The van der Waals surface area contributed by atoms with Crippen molar-refractivity contribution in [1.82, 2.24) is 0 Å².